The van der Waals surface area contributed by atoms with E-state index in [0.717, 1.165) is 0 Å². The molecule has 1 aromatic carbocycles. The van der Waals surface area contributed by atoms with Gasteiger partial charge in [0.2, 0.25) is 0 Å². The molecule has 2 rings (SSSR count). The Bertz CT molecular complexity index is 318. The van der Waals surface area contributed by atoms with Gasteiger partial charge in [0.15, 0.2) is 0 Å². The molecule has 72 valence electrons. The Balaban J connectivity index is 0.000000845. The molecule has 1 aliphatic rings. The zero-order valence-electron chi connectivity index (χ0n) is 6.90. The molecular formula is C9H11ClFNO. The fraction of sp³-hybridized carbons (Fsp3) is 0.333. The number of rotatable bonds is 0. The average molecular weight is 204 g/mol. The van der Waals surface area contributed by atoms with E-state index in [-0.39, 0.29) is 24.3 Å². The monoisotopic (exact) mass is 203 g/mol. The standard InChI is InChI=1S/C9H10FNO.ClH/c10-7-3-1-2-5-6(7)4-8(11)9(5)12;/h1-3,8-9,12H,4,11H2;1H. The number of nitrogens with two attached hydrogens (primary N) is 1. The number of aliphatic hydroxyl groups excluding tert-OH is 1. The van der Waals surface area contributed by atoms with Crippen LogP contribution in [0.2, 0.25) is 0 Å². The van der Waals surface area contributed by atoms with E-state index in [1.165, 1.54) is 6.07 Å². The van der Waals surface area contributed by atoms with E-state index in [0.29, 0.717) is 17.5 Å². The van der Waals surface area contributed by atoms with Gasteiger partial charge in [-0.05, 0) is 23.6 Å². The second kappa shape index (κ2) is 3.62. The van der Waals surface area contributed by atoms with Gasteiger partial charge in [-0.3, -0.25) is 0 Å². The van der Waals surface area contributed by atoms with Gasteiger partial charge in [0.05, 0.1) is 6.10 Å². The van der Waals surface area contributed by atoms with Gasteiger partial charge in [-0.15, -0.1) is 12.4 Å². The van der Waals surface area contributed by atoms with Crippen LogP contribution in [-0.4, -0.2) is 11.1 Å². The molecule has 0 fully saturated rings. The smallest absolute Gasteiger partial charge is 0.126 e. The summed E-state index contributed by atoms with van der Waals surface area (Å²) < 4.78 is 13.1. The van der Waals surface area contributed by atoms with Crippen molar-refractivity contribution >= 4 is 12.4 Å². The molecule has 0 amide bonds. The van der Waals surface area contributed by atoms with Crippen molar-refractivity contribution < 1.29 is 9.50 Å². The van der Waals surface area contributed by atoms with Crippen molar-refractivity contribution in [3.63, 3.8) is 0 Å². The Morgan fingerprint density at radius 2 is 2.15 bits per heavy atom. The third-order valence-corrected chi connectivity index (χ3v) is 2.32. The van der Waals surface area contributed by atoms with Gasteiger partial charge in [-0.1, -0.05) is 12.1 Å². The first kappa shape index (κ1) is 10.4. The number of benzene rings is 1. The maximum absolute atomic E-state index is 13.1. The minimum absolute atomic E-state index is 0. The summed E-state index contributed by atoms with van der Waals surface area (Å²) in [5.41, 5.74) is 6.79. The van der Waals surface area contributed by atoms with Crippen LogP contribution in [0.25, 0.3) is 0 Å². The Labute approximate surface area is 82.0 Å². The predicted octanol–water partition coefficient (Wildman–Crippen LogP) is 1.16. The van der Waals surface area contributed by atoms with Gasteiger partial charge >= 0.3 is 0 Å². The largest absolute Gasteiger partial charge is 0.387 e. The van der Waals surface area contributed by atoms with Gasteiger partial charge in [-0.2, -0.15) is 0 Å². The highest BCUT2D eigenvalue weighted by Gasteiger charge is 2.29. The lowest BCUT2D eigenvalue weighted by atomic mass is 10.1. The molecular weight excluding hydrogens is 193 g/mol. The molecule has 2 nitrogen and oxygen atoms in total. The fourth-order valence-corrected chi connectivity index (χ4v) is 1.65. The number of hydrogen-bond acceptors (Lipinski definition) is 2. The van der Waals surface area contributed by atoms with Crippen LogP contribution in [0.3, 0.4) is 0 Å². The summed E-state index contributed by atoms with van der Waals surface area (Å²) in [6.07, 6.45) is -0.265. The zero-order valence-corrected chi connectivity index (χ0v) is 7.72. The van der Waals surface area contributed by atoms with Crippen molar-refractivity contribution in [2.75, 3.05) is 0 Å². The van der Waals surface area contributed by atoms with Crippen molar-refractivity contribution in [3.8, 4) is 0 Å². The Hall–Kier alpha value is -0.640. The van der Waals surface area contributed by atoms with Gasteiger partial charge in [0.1, 0.15) is 5.82 Å². The summed E-state index contributed by atoms with van der Waals surface area (Å²) in [5, 5.41) is 9.48. The van der Waals surface area contributed by atoms with Gasteiger partial charge < -0.3 is 10.8 Å². The number of hydrogen-bond donors (Lipinski definition) is 2. The molecule has 2 unspecified atom stereocenters. The molecule has 0 aliphatic heterocycles. The third kappa shape index (κ3) is 1.55. The van der Waals surface area contributed by atoms with Crippen molar-refractivity contribution in [2.24, 2.45) is 5.73 Å². The first-order valence-electron chi connectivity index (χ1n) is 3.91. The molecule has 4 heteroatoms. The molecule has 0 heterocycles. The van der Waals surface area contributed by atoms with Crippen LogP contribution >= 0.6 is 12.4 Å². The normalized spacial score (nSPS) is 25.2. The molecule has 1 aliphatic carbocycles. The quantitative estimate of drug-likeness (QED) is 0.665. The number of aliphatic hydroxyl groups is 1. The highest BCUT2D eigenvalue weighted by Crippen LogP contribution is 2.31. The molecule has 1 aromatic rings. The van der Waals surface area contributed by atoms with Gasteiger partial charge in [-0.25, -0.2) is 4.39 Å². The van der Waals surface area contributed by atoms with Crippen LogP contribution in [0.5, 0.6) is 0 Å². The average Bonchev–Trinajstić information content (AvgIpc) is 2.32. The van der Waals surface area contributed by atoms with Crippen molar-refractivity contribution in [2.45, 2.75) is 18.6 Å². The topological polar surface area (TPSA) is 46.2 Å². The highest BCUT2D eigenvalue weighted by atomic mass is 35.5. The number of halogens is 2. The predicted molar refractivity (Wildman–Crippen MR) is 50.3 cm³/mol. The van der Waals surface area contributed by atoms with E-state index < -0.39 is 6.10 Å². The molecule has 0 saturated carbocycles. The summed E-state index contributed by atoms with van der Waals surface area (Å²) in [6, 6.07) is 4.35. The molecule has 0 bridgehead atoms. The maximum atomic E-state index is 13.1. The first-order chi connectivity index (χ1) is 5.70. The van der Waals surface area contributed by atoms with Crippen LogP contribution in [-0.2, 0) is 6.42 Å². The molecule has 0 radical (unpaired) electrons. The minimum Gasteiger partial charge on any atom is -0.387 e. The molecule has 3 N–H and O–H groups in total. The van der Waals surface area contributed by atoms with Crippen LogP contribution in [0.1, 0.15) is 17.2 Å². The Morgan fingerprint density at radius 1 is 1.46 bits per heavy atom. The summed E-state index contributed by atoms with van der Waals surface area (Å²) in [7, 11) is 0. The van der Waals surface area contributed by atoms with Crippen molar-refractivity contribution in [1.82, 2.24) is 0 Å². The first-order valence-corrected chi connectivity index (χ1v) is 3.91. The number of fused-ring (bicyclic) bond motifs is 1. The van der Waals surface area contributed by atoms with Crippen LogP contribution in [0.4, 0.5) is 4.39 Å². The van der Waals surface area contributed by atoms with Gasteiger partial charge in [0, 0.05) is 6.04 Å². The molecule has 0 saturated heterocycles. The summed E-state index contributed by atoms with van der Waals surface area (Å²) in [4.78, 5) is 0. The second-order valence-electron chi connectivity index (χ2n) is 3.12. The van der Waals surface area contributed by atoms with Crippen LogP contribution in [0.15, 0.2) is 18.2 Å². The lowest BCUT2D eigenvalue weighted by Crippen LogP contribution is -2.24. The summed E-state index contributed by atoms with van der Waals surface area (Å²) >= 11 is 0. The van der Waals surface area contributed by atoms with E-state index >= 15 is 0 Å². The molecule has 13 heavy (non-hydrogen) atoms. The molecule has 0 aromatic heterocycles. The third-order valence-electron chi connectivity index (χ3n) is 2.32. The zero-order chi connectivity index (χ0) is 8.72. The van der Waals surface area contributed by atoms with E-state index in [4.69, 9.17) is 5.73 Å². The lowest BCUT2D eigenvalue weighted by molar-refractivity contribution is 0.159. The SMILES string of the molecule is Cl.NC1Cc2c(F)cccc2C1O. The van der Waals surface area contributed by atoms with E-state index in [1.807, 2.05) is 0 Å². The molecule has 2 atom stereocenters. The fourth-order valence-electron chi connectivity index (χ4n) is 1.65. The van der Waals surface area contributed by atoms with Gasteiger partial charge in [0.25, 0.3) is 0 Å². The summed E-state index contributed by atoms with van der Waals surface area (Å²) in [6.45, 7) is 0. The summed E-state index contributed by atoms with van der Waals surface area (Å²) in [5.74, 6) is -0.264. The maximum Gasteiger partial charge on any atom is 0.126 e. The van der Waals surface area contributed by atoms with Crippen molar-refractivity contribution in [1.29, 1.82) is 0 Å². The van der Waals surface area contributed by atoms with E-state index in [1.54, 1.807) is 12.1 Å². The lowest BCUT2D eigenvalue weighted by Gasteiger charge is -2.07. The van der Waals surface area contributed by atoms with E-state index in [9.17, 15) is 9.50 Å². The second-order valence-corrected chi connectivity index (χ2v) is 3.12. The van der Waals surface area contributed by atoms with Crippen LogP contribution < -0.4 is 5.73 Å². The minimum atomic E-state index is -0.698. The Morgan fingerprint density at radius 3 is 2.77 bits per heavy atom. The Kier molecular flexibility index (Phi) is 2.91. The van der Waals surface area contributed by atoms with Crippen LogP contribution in [0, 0.1) is 5.82 Å². The highest BCUT2D eigenvalue weighted by molar-refractivity contribution is 5.85. The van der Waals surface area contributed by atoms with E-state index in [2.05, 4.69) is 0 Å². The van der Waals surface area contributed by atoms with Crippen molar-refractivity contribution in [3.05, 3.63) is 35.1 Å². The molecule has 0 spiro atoms.